The summed E-state index contributed by atoms with van der Waals surface area (Å²) >= 11 is 0. The van der Waals surface area contributed by atoms with Gasteiger partial charge in [-0.15, -0.1) is 0 Å². The molecule has 0 aliphatic heterocycles. The third-order valence-electron chi connectivity index (χ3n) is 5.34. The fourth-order valence-electron chi connectivity index (χ4n) is 3.20. The van der Waals surface area contributed by atoms with Crippen LogP contribution in [0.1, 0.15) is 37.8 Å². The number of benzene rings is 1. The van der Waals surface area contributed by atoms with E-state index in [9.17, 15) is 24.3 Å². The highest BCUT2D eigenvalue weighted by atomic mass is 16.5. The number of carbonyl (C=O) groups excluding carboxylic acids is 2. The number of carboxylic acid groups (broad SMARTS) is 1. The van der Waals surface area contributed by atoms with Gasteiger partial charge in [0.25, 0.3) is 0 Å². The van der Waals surface area contributed by atoms with Gasteiger partial charge in [-0.3, -0.25) is 9.59 Å². The lowest BCUT2D eigenvalue weighted by molar-refractivity contribution is -0.143. The highest BCUT2D eigenvalue weighted by molar-refractivity contribution is 5.88. The number of carbonyl (C=O) groups is 3. The first kappa shape index (κ1) is 23.9. The van der Waals surface area contributed by atoms with Gasteiger partial charge in [-0.05, 0) is 37.0 Å². The van der Waals surface area contributed by atoms with E-state index in [0.29, 0.717) is 23.3 Å². The molecular formula is C22H28N2O7. The van der Waals surface area contributed by atoms with Crippen molar-refractivity contribution in [3.8, 4) is 5.75 Å². The lowest BCUT2D eigenvalue weighted by Crippen LogP contribution is -2.48. The smallest absolute Gasteiger partial charge is 0.339 e. The monoisotopic (exact) mass is 432 g/mol. The summed E-state index contributed by atoms with van der Waals surface area (Å²) in [6.45, 7) is 5.00. The number of methoxy groups -OCH3 is 1. The molecule has 0 saturated heterocycles. The van der Waals surface area contributed by atoms with Crippen LogP contribution in [0.5, 0.6) is 5.75 Å². The Morgan fingerprint density at radius 2 is 1.94 bits per heavy atom. The number of aryl methyl sites for hydroxylation is 1. The molecule has 0 bridgehead atoms. The van der Waals surface area contributed by atoms with Crippen molar-refractivity contribution in [2.45, 2.75) is 46.1 Å². The molecule has 9 heteroatoms. The van der Waals surface area contributed by atoms with E-state index in [0.717, 1.165) is 10.9 Å². The van der Waals surface area contributed by atoms with Gasteiger partial charge in [0.2, 0.25) is 11.8 Å². The Labute approximate surface area is 179 Å². The van der Waals surface area contributed by atoms with Gasteiger partial charge < -0.3 is 24.9 Å². The van der Waals surface area contributed by atoms with Crippen molar-refractivity contribution < 1.29 is 28.6 Å². The zero-order valence-electron chi connectivity index (χ0n) is 18.1. The van der Waals surface area contributed by atoms with Crippen LogP contribution in [-0.4, -0.2) is 42.6 Å². The number of fused-ring (bicyclic) bond motifs is 1. The van der Waals surface area contributed by atoms with Crippen LogP contribution in [0, 0.1) is 12.8 Å². The third-order valence-corrected chi connectivity index (χ3v) is 5.34. The van der Waals surface area contributed by atoms with Gasteiger partial charge in [0.05, 0.1) is 13.7 Å². The Morgan fingerprint density at radius 1 is 1.23 bits per heavy atom. The maximum absolute atomic E-state index is 12.4. The summed E-state index contributed by atoms with van der Waals surface area (Å²) in [6.07, 6.45) is 0.715. The van der Waals surface area contributed by atoms with Gasteiger partial charge in [-0.1, -0.05) is 20.3 Å². The maximum Gasteiger partial charge on any atom is 0.339 e. The van der Waals surface area contributed by atoms with Crippen molar-refractivity contribution in [2.75, 3.05) is 13.7 Å². The van der Waals surface area contributed by atoms with Crippen LogP contribution in [0.2, 0.25) is 0 Å². The molecule has 2 atom stereocenters. The van der Waals surface area contributed by atoms with Crippen molar-refractivity contribution >= 4 is 28.8 Å². The Kier molecular flexibility index (Phi) is 8.18. The molecule has 168 valence electrons. The van der Waals surface area contributed by atoms with Gasteiger partial charge >= 0.3 is 11.6 Å². The average Bonchev–Trinajstić information content (AvgIpc) is 2.74. The Balaban J connectivity index is 1.97. The number of amides is 2. The fourth-order valence-corrected chi connectivity index (χ4v) is 3.20. The van der Waals surface area contributed by atoms with Crippen LogP contribution in [0.3, 0.4) is 0 Å². The number of nitrogens with one attached hydrogen (secondary N) is 2. The van der Waals surface area contributed by atoms with Crippen LogP contribution in [-0.2, 0) is 20.8 Å². The molecule has 2 rings (SSSR count). The van der Waals surface area contributed by atoms with Gasteiger partial charge in [-0.2, -0.15) is 0 Å². The second-order valence-electron chi connectivity index (χ2n) is 7.40. The SMILES string of the molecule is CCC(C)C(NC(=O)CNC(=O)CCc1c(C)c2ccc(OC)cc2oc1=O)C(=O)O. The summed E-state index contributed by atoms with van der Waals surface area (Å²) in [4.78, 5) is 47.8. The summed E-state index contributed by atoms with van der Waals surface area (Å²) in [5.41, 5.74) is 0.986. The summed E-state index contributed by atoms with van der Waals surface area (Å²) in [5.74, 6) is -1.81. The highest BCUT2D eigenvalue weighted by Gasteiger charge is 2.25. The van der Waals surface area contributed by atoms with Gasteiger partial charge in [0, 0.05) is 23.4 Å². The Morgan fingerprint density at radius 3 is 2.55 bits per heavy atom. The molecular weight excluding hydrogens is 404 g/mol. The maximum atomic E-state index is 12.4. The molecule has 1 aromatic heterocycles. The number of hydrogen-bond donors (Lipinski definition) is 3. The van der Waals surface area contributed by atoms with Crippen LogP contribution in [0.4, 0.5) is 0 Å². The van der Waals surface area contributed by atoms with Gasteiger partial charge in [0.1, 0.15) is 17.4 Å². The van der Waals surface area contributed by atoms with E-state index in [4.69, 9.17) is 9.15 Å². The summed E-state index contributed by atoms with van der Waals surface area (Å²) in [5, 5.41) is 14.8. The first-order valence-electron chi connectivity index (χ1n) is 10.1. The van der Waals surface area contributed by atoms with E-state index in [2.05, 4.69) is 10.6 Å². The Bertz CT molecular complexity index is 1030. The fraction of sp³-hybridized carbons (Fsp3) is 0.455. The lowest BCUT2D eigenvalue weighted by atomic mass is 9.99. The molecule has 0 spiro atoms. The Hall–Kier alpha value is -3.36. The summed E-state index contributed by atoms with van der Waals surface area (Å²) in [6, 6.07) is 4.16. The van der Waals surface area contributed by atoms with E-state index >= 15 is 0 Å². The number of rotatable bonds is 10. The van der Waals surface area contributed by atoms with Crippen LogP contribution in [0.15, 0.2) is 27.4 Å². The zero-order chi connectivity index (χ0) is 23.1. The van der Waals surface area contributed by atoms with Crippen LogP contribution in [0.25, 0.3) is 11.0 Å². The van der Waals surface area contributed by atoms with Gasteiger partial charge in [0.15, 0.2) is 0 Å². The highest BCUT2D eigenvalue weighted by Crippen LogP contribution is 2.24. The molecule has 2 unspecified atom stereocenters. The molecule has 0 radical (unpaired) electrons. The molecule has 2 aromatic rings. The van der Waals surface area contributed by atoms with E-state index in [1.54, 1.807) is 32.0 Å². The molecule has 2 amide bonds. The minimum atomic E-state index is -1.12. The standard InChI is InChI=1S/C22H28N2O7/c1-5-12(2)20(21(27)28)24-19(26)11-23-18(25)9-8-16-13(3)15-7-6-14(30-4)10-17(15)31-22(16)29/h6-7,10,12,20H,5,8-9,11H2,1-4H3,(H,23,25)(H,24,26)(H,27,28). The van der Waals surface area contributed by atoms with Crippen molar-refractivity contribution in [1.82, 2.24) is 10.6 Å². The summed E-state index contributed by atoms with van der Waals surface area (Å²) < 4.78 is 10.5. The largest absolute Gasteiger partial charge is 0.497 e. The van der Waals surface area contributed by atoms with Crippen molar-refractivity contribution in [1.29, 1.82) is 0 Å². The summed E-state index contributed by atoms with van der Waals surface area (Å²) in [7, 11) is 1.52. The number of hydrogen-bond acceptors (Lipinski definition) is 6. The minimum Gasteiger partial charge on any atom is -0.497 e. The average molecular weight is 432 g/mol. The van der Waals surface area contributed by atoms with Crippen LogP contribution >= 0.6 is 0 Å². The zero-order valence-corrected chi connectivity index (χ0v) is 18.1. The first-order chi connectivity index (χ1) is 14.7. The van der Waals surface area contributed by atoms with Crippen molar-refractivity contribution in [2.24, 2.45) is 5.92 Å². The van der Waals surface area contributed by atoms with E-state index < -0.39 is 29.5 Å². The molecule has 0 aliphatic rings. The lowest BCUT2D eigenvalue weighted by Gasteiger charge is -2.20. The minimum absolute atomic E-state index is 0.0196. The van der Waals surface area contributed by atoms with Crippen molar-refractivity contribution in [3.63, 3.8) is 0 Å². The van der Waals surface area contributed by atoms with Gasteiger partial charge in [-0.25, -0.2) is 9.59 Å². The topological polar surface area (TPSA) is 135 Å². The number of ether oxygens (including phenoxy) is 1. The van der Waals surface area contributed by atoms with Crippen molar-refractivity contribution in [3.05, 3.63) is 39.7 Å². The molecule has 9 nitrogen and oxygen atoms in total. The second-order valence-corrected chi connectivity index (χ2v) is 7.40. The molecule has 0 saturated carbocycles. The first-order valence-corrected chi connectivity index (χ1v) is 10.1. The molecule has 1 aromatic carbocycles. The van der Waals surface area contributed by atoms with Crippen LogP contribution < -0.4 is 21.0 Å². The molecule has 0 fully saturated rings. The molecule has 1 heterocycles. The molecule has 31 heavy (non-hydrogen) atoms. The van der Waals surface area contributed by atoms with E-state index in [-0.39, 0.29) is 25.3 Å². The molecule has 3 N–H and O–H groups in total. The normalized spacial score (nSPS) is 12.8. The number of aliphatic carboxylic acids is 1. The number of carboxylic acids is 1. The van der Waals surface area contributed by atoms with E-state index in [1.165, 1.54) is 7.11 Å². The quantitative estimate of drug-likeness (QED) is 0.487. The molecule has 0 aliphatic carbocycles. The predicted octanol–water partition coefficient (Wildman–Crippen LogP) is 1.77. The third kappa shape index (κ3) is 6.07. The second kappa shape index (κ2) is 10.6. The predicted molar refractivity (Wildman–Crippen MR) is 114 cm³/mol. The van der Waals surface area contributed by atoms with E-state index in [1.807, 2.05) is 6.92 Å².